The molecule has 174 valence electrons. The first-order chi connectivity index (χ1) is 14.8. The van der Waals surface area contributed by atoms with Crippen molar-refractivity contribution in [2.45, 2.75) is 52.1 Å². The number of benzene rings is 2. The summed E-state index contributed by atoms with van der Waals surface area (Å²) in [5, 5.41) is 11.9. The van der Waals surface area contributed by atoms with E-state index in [2.05, 4.69) is 5.32 Å². The monoisotopic (exact) mass is 469 g/mol. The van der Waals surface area contributed by atoms with Crippen LogP contribution in [-0.2, 0) is 9.59 Å². The van der Waals surface area contributed by atoms with E-state index >= 15 is 0 Å². The highest BCUT2D eigenvalue weighted by Crippen LogP contribution is 2.39. The molecule has 0 fully saturated rings. The van der Waals surface area contributed by atoms with Crippen LogP contribution < -0.4 is 5.32 Å². The van der Waals surface area contributed by atoms with Gasteiger partial charge in [0.1, 0.15) is 0 Å². The van der Waals surface area contributed by atoms with Gasteiger partial charge in [-0.05, 0) is 42.0 Å². The molecule has 0 radical (unpaired) electrons. The van der Waals surface area contributed by atoms with Crippen molar-refractivity contribution in [1.29, 1.82) is 0 Å². The van der Waals surface area contributed by atoms with E-state index in [0.29, 0.717) is 5.56 Å². The number of carbonyl (C=O) groups is 2. The Morgan fingerprint density at radius 3 is 2.09 bits per heavy atom. The third kappa shape index (κ3) is 6.48. The van der Waals surface area contributed by atoms with Gasteiger partial charge in [-0.15, -0.1) is 0 Å². The molecule has 0 heterocycles. The average molecular weight is 470 g/mol. The summed E-state index contributed by atoms with van der Waals surface area (Å²) in [7, 11) is 0. The first kappa shape index (κ1) is 25.7. The fourth-order valence-corrected chi connectivity index (χ4v) is 3.80. The molecule has 2 aromatic rings. The minimum absolute atomic E-state index is 0.0126. The maximum absolute atomic E-state index is 13.6. The number of hydrogen-bond acceptors (Lipinski definition) is 2. The second kappa shape index (κ2) is 10.4. The molecule has 0 aliphatic rings. The second-order valence-corrected chi connectivity index (χ2v) is 8.80. The number of hydrogen-bond donors (Lipinski definition) is 2. The Kier molecular flexibility index (Phi) is 8.35. The summed E-state index contributed by atoms with van der Waals surface area (Å²) in [5.41, 5.74) is 1.90. The van der Waals surface area contributed by atoms with Crippen molar-refractivity contribution in [3.8, 4) is 0 Å². The smallest absolute Gasteiger partial charge is 0.392 e. The number of carboxylic acids is 1. The largest absolute Gasteiger partial charge is 0.481 e. The van der Waals surface area contributed by atoms with E-state index in [-0.39, 0.29) is 34.5 Å². The quantitative estimate of drug-likeness (QED) is 0.447. The Morgan fingerprint density at radius 1 is 1.03 bits per heavy atom. The number of aryl methyl sites for hydroxylation is 1. The van der Waals surface area contributed by atoms with Crippen molar-refractivity contribution in [2.24, 2.45) is 11.8 Å². The summed E-state index contributed by atoms with van der Waals surface area (Å²) in [6, 6.07) is 11.1. The van der Waals surface area contributed by atoms with Gasteiger partial charge in [-0.2, -0.15) is 13.2 Å². The van der Waals surface area contributed by atoms with Crippen LogP contribution in [0.1, 0.15) is 55.7 Å². The van der Waals surface area contributed by atoms with Crippen molar-refractivity contribution >= 4 is 29.2 Å². The number of amides is 1. The number of alkyl halides is 3. The van der Waals surface area contributed by atoms with Crippen LogP contribution in [0.4, 0.5) is 18.9 Å². The molecule has 2 N–H and O–H groups in total. The van der Waals surface area contributed by atoms with Crippen molar-refractivity contribution in [2.75, 3.05) is 5.32 Å². The molecule has 0 aliphatic heterocycles. The van der Waals surface area contributed by atoms with Crippen LogP contribution in [0.15, 0.2) is 42.5 Å². The van der Waals surface area contributed by atoms with Gasteiger partial charge in [0.2, 0.25) is 5.91 Å². The summed E-state index contributed by atoms with van der Waals surface area (Å²) < 4.78 is 40.7. The standard InChI is InChI=1S/C24H27ClF3NO3/c1-13(2)18(12-21(30)31)17-9-10-19(25)20(11-17)29-23(32)22(15(4)24(26,27)28)16-7-5-14(3)6-8-16/h5-11,13,15,18,22H,12H2,1-4H3,(H,29,32)(H,30,31). The molecule has 0 aliphatic carbocycles. The van der Waals surface area contributed by atoms with E-state index in [1.165, 1.54) is 24.3 Å². The molecule has 0 saturated carbocycles. The Hall–Kier alpha value is -2.54. The average Bonchev–Trinajstić information content (AvgIpc) is 2.68. The van der Waals surface area contributed by atoms with Crippen LogP contribution >= 0.6 is 11.6 Å². The first-order valence-electron chi connectivity index (χ1n) is 10.3. The van der Waals surface area contributed by atoms with Gasteiger partial charge in [-0.1, -0.05) is 68.3 Å². The predicted octanol–water partition coefficient (Wildman–Crippen LogP) is 6.78. The van der Waals surface area contributed by atoms with Gasteiger partial charge in [0.05, 0.1) is 29.0 Å². The fourth-order valence-electron chi connectivity index (χ4n) is 3.64. The third-order valence-electron chi connectivity index (χ3n) is 5.61. The van der Waals surface area contributed by atoms with Gasteiger partial charge in [0.15, 0.2) is 0 Å². The Labute approximate surface area is 190 Å². The molecule has 4 nitrogen and oxygen atoms in total. The van der Waals surface area contributed by atoms with E-state index in [1.807, 2.05) is 13.8 Å². The normalized spacial score (nSPS) is 14.7. The fraction of sp³-hybridized carbons (Fsp3) is 0.417. The van der Waals surface area contributed by atoms with Gasteiger partial charge in [0.25, 0.3) is 0 Å². The Balaban J connectivity index is 2.42. The number of carboxylic acid groups (broad SMARTS) is 1. The van der Waals surface area contributed by atoms with Crippen LogP contribution in [0.2, 0.25) is 5.02 Å². The zero-order valence-electron chi connectivity index (χ0n) is 18.3. The lowest BCUT2D eigenvalue weighted by Crippen LogP contribution is -2.34. The summed E-state index contributed by atoms with van der Waals surface area (Å²) in [6.07, 6.45) is -4.70. The molecule has 8 heteroatoms. The van der Waals surface area contributed by atoms with Crippen molar-refractivity contribution in [3.05, 3.63) is 64.2 Å². The molecule has 32 heavy (non-hydrogen) atoms. The van der Waals surface area contributed by atoms with Crippen molar-refractivity contribution < 1.29 is 27.9 Å². The lowest BCUT2D eigenvalue weighted by Gasteiger charge is -2.26. The van der Waals surface area contributed by atoms with Crippen LogP contribution in [0.3, 0.4) is 0 Å². The molecule has 0 spiro atoms. The Bertz CT molecular complexity index is 958. The molecule has 2 rings (SSSR count). The number of halogens is 4. The highest BCUT2D eigenvalue weighted by atomic mass is 35.5. The first-order valence-corrected chi connectivity index (χ1v) is 10.6. The number of nitrogens with one attached hydrogen (secondary N) is 1. The van der Waals surface area contributed by atoms with Crippen LogP contribution in [0, 0.1) is 18.8 Å². The molecule has 3 unspecified atom stereocenters. The van der Waals surface area contributed by atoms with E-state index in [1.54, 1.807) is 25.1 Å². The highest BCUT2D eigenvalue weighted by molar-refractivity contribution is 6.33. The number of carbonyl (C=O) groups excluding carboxylic acids is 1. The lowest BCUT2D eigenvalue weighted by molar-refractivity contribution is -0.178. The maximum atomic E-state index is 13.6. The predicted molar refractivity (Wildman–Crippen MR) is 119 cm³/mol. The minimum atomic E-state index is -4.58. The molecule has 3 atom stereocenters. The summed E-state index contributed by atoms with van der Waals surface area (Å²) in [6.45, 7) is 6.53. The van der Waals surface area contributed by atoms with E-state index in [9.17, 15) is 27.9 Å². The molecule has 0 bridgehead atoms. The van der Waals surface area contributed by atoms with Gasteiger partial charge in [0, 0.05) is 0 Å². The van der Waals surface area contributed by atoms with Crippen LogP contribution in [0.5, 0.6) is 0 Å². The molecule has 2 aromatic carbocycles. The van der Waals surface area contributed by atoms with Crippen LogP contribution in [0.25, 0.3) is 0 Å². The van der Waals surface area contributed by atoms with Gasteiger partial charge in [-0.25, -0.2) is 0 Å². The third-order valence-corrected chi connectivity index (χ3v) is 5.94. The molecular formula is C24H27ClF3NO3. The van der Waals surface area contributed by atoms with Crippen molar-refractivity contribution in [1.82, 2.24) is 0 Å². The lowest BCUT2D eigenvalue weighted by atomic mass is 9.84. The molecular weight excluding hydrogens is 443 g/mol. The van der Waals surface area contributed by atoms with Gasteiger partial charge in [-0.3, -0.25) is 9.59 Å². The number of aliphatic carboxylic acids is 1. The SMILES string of the molecule is Cc1ccc(C(C(=O)Nc2cc(C(CC(=O)O)C(C)C)ccc2Cl)C(C)C(F)(F)F)cc1. The summed E-state index contributed by atoms with van der Waals surface area (Å²) >= 11 is 6.22. The van der Waals surface area contributed by atoms with Crippen LogP contribution in [-0.4, -0.2) is 23.2 Å². The zero-order valence-corrected chi connectivity index (χ0v) is 19.1. The summed E-state index contributed by atoms with van der Waals surface area (Å²) in [5.74, 6) is -5.57. The molecule has 0 saturated heterocycles. The number of rotatable bonds is 8. The van der Waals surface area contributed by atoms with E-state index in [0.717, 1.165) is 12.5 Å². The number of anilines is 1. The topological polar surface area (TPSA) is 66.4 Å². The van der Waals surface area contributed by atoms with Gasteiger partial charge >= 0.3 is 12.1 Å². The van der Waals surface area contributed by atoms with Crippen molar-refractivity contribution in [3.63, 3.8) is 0 Å². The molecule has 0 aromatic heterocycles. The zero-order chi connectivity index (χ0) is 24.2. The van der Waals surface area contributed by atoms with Gasteiger partial charge < -0.3 is 10.4 Å². The second-order valence-electron chi connectivity index (χ2n) is 8.40. The highest BCUT2D eigenvalue weighted by Gasteiger charge is 2.45. The van der Waals surface area contributed by atoms with E-state index in [4.69, 9.17) is 11.6 Å². The summed E-state index contributed by atoms with van der Waals surface area (Å²) in [4.78, 5) is 24.3. The maximum Gasteiger partial charge on any atom is 0.392 e. The minimum Gasteiger partial charge on any atom is -0.481 e. The van der Waals surface area contributed by atoms with E-state index < -0.39 is 29.9 Å². The Morgan fingerprint density at radius 2 is 1.59 bits per heavy atom. The molecule has 1 amide bonds.